The standard InChI is InChI=1S/C13H15ClN4/c1-8-6-15-13(14)17-12(8)10-7-16-18(2)11(10)5-9-3-4-9/h6-7,9H,3-5H2,1-2H3. The molecule has 4 nitrogen and oxygen atoms in total. The lowest BCUT2D eigenvalue weighted by atomic mass is 10.1. The lowest BCUT2D eigenvalue weighted by Gasteiger charge is -2.07. The average Bonchev–Trinajstić information content (AvgIpc) is 3.09. The van der Waals surface area contributed by atoms with Gasteiger partial charge in [-0.25, -0.2) is 9.97 Å². The second kappa shape index (κ2) is 4.35. The molecule has 2 aromatic rings. The van der Waals surface area contributed by atoms with Crippen molar-refractivity contribution in [1.82, 2.24) is 19.7 Å². The summed E-state index contributed by atoms with van der Waals surface area (Å²) in [6.07, 6.45) is 7.37. The Morgan fingerprint density at radius 2 is 2.17 bits per heavy atom. The Balaban J connectivity index is 2.07. The summed E-state index contributed by atoms with van der Waals surface area (Å²) in [5.41, 5.74) is 4.27. The van der Waals surface area contributed by atoms with Gasteiger partial charge in [0.15, 0.2) is 0 Å². The summed E-state index contributed by atoms with van der Waals surface area (Å²) in [5.74, 6) is 0.816. The molecule has 94 valence electrons. The van der Waals surface area contributed by atoms with Crippen LogP contribution < -0.4 is 0 Å². The van der Waals surface area contributed by atoms with E-state index in [0.29, 0.717) is 0 Å². The van der Waals surface area contributed by atoms with E-state index in [0.717, 1.165) is 29.2 Å². The summed E-state index contributed by atoms with van der Waals surface area (Å²) < 4.78 is 1.95. The fourth-order valence-corrected chi connectivity index (χ4v) is 2.32. The van der Waals surface area contributed by atoms with Crippen molar-refractivity contribution in [3.05, 3.63) is 28.9 Å². The minimum absolute atomic E-state index is 0.289. The van der Waals surface area contributed by atoms with Gasteiger partial charge in [-0.1, -0.05) is 0 Å². The summed E-state index contributed by atoms with van der Waals surface area (Å²) in [4.78, 5) is 8.35. The molecule has 5 heteroatoms. The van der Waals surface area contributed by atoms with Crippen molar-refractivity contribution in [1.29, 1.82) is 0 Å². The molecule has 0 unspecified atom stereocenters. The summed E-state index contributed by atoms with van der Waals surface area (Å²) in [6.45, 7) is 2.00. The van der Waals surface area contributed by atoms with E-state index < -0.39 is 0 Å². The molecule has 0 amide bonds. The van der Waals surface area contributed by atoms with Crippen LogP contribution in [-0.4, -0.2) is 19.7 Å². The Morgan fingerprint density at radius 3 is 2.89 bits per heavy atom. The van der Waals surface area contributed by atoms with Crippen LogP contribution in [0.2, 0.25) is 5.28 Å². The number of aromatic nitrogens is 4. The van der Waals surface area contributed by atoms with Gasteiger partial charge >= 0.3 is 0 Å². The predicted octanol–water partition coefficient (Wildman–Crippen LogP) is 2.79. The molecule has 0 atom stereocenters. The first kappa shape index (κ1) is 11.7. The molecule has 0 aliphatic heterocycles. The van der Waals surface area contributed by atoms with E-state index >= 15 is 0 Å². The maximum Gasteiger partial charge on any atom is 0.222 e. The van der Waals surface area contributed by atoms with Gasteiger partial charge in [-0.3, -0.25) is 4.68 Å². The van der Waals surface area contributed by atoms with E-state index in [1.807, 2.05) is 24.9 Å². The zero-order chi connectivity index (χ0) is 12.7. The molecule has 2 aromatic heterocycles. The molecule has 0 radical (unpaired) electrons. The lowest BCUT2D eigenvalue weighted by Crippen LogP contribution is -2.02. The first-order valence-corrected chi connectivity index (χ1v) is 6.53. The third kappa shape index (κ3) is 2.12. The van der Waals surface area contributed by atoms with Crippen molar-refractivity contribution in [2.75, 3.05) is 0 Å². The van der Waals surface area contributed by atoms with Crippen LogP contribution >= 0.6 is 11.6 Å². The third-order valence-corrected chi connectivity index (χ3v) is 3.62. The zero-order valence-corrected chi connectivity index (χ0v) is 11.3. The Kier molecular flexibility index (Phi) is 2.82. The van der Waals surface area contributed by atoms with Gasteiger partial charge < -0.3 is 0 Å². The van der Waals surface area contributed by atoms with E-state index in [1.54, 1.807) is 6.20 Å². The first-order chi connectivity index (χ1) is 8.65. The van der Waals surface area contributed by atoms with E-state index in [1.165, 1.54) is 18.5 Å². The summed E-state index contributed by atoms with van der Waals surface area (Å²) >= 11 is 5.89. The topological polar surface area (TPSA) is 43.6 Å². The Morgan fingerprint density at radius 1 is 1.39 bits per heavy atom. The first-order valence-electron chi connectivity index (χ1n) is 6.15. The SMILES string of the molecule is Cc1cnc(Cl)nc1-c1cnn(C)c1CC1CC1. The van der Waals surface area contributed by atoms with Gasteiger partial charge in [0.1, 0.15) is 0 Å². The minimum atomic E-state index is 0.289. The molecular weight excluding hydrogens is 248 g/mol. The van der Waals surface area contributed by atoms with Crippen LogP contribution in [0.5, 0.6) is 0 Å². The highest BCUT2D eigenvalue weighted by Gasteiger charge is 2.25. The van der Waals surface area contributed by atoms with Gasteiger partial charge in [-0.2, -0.15) is 5.10 Å². The van der Waals surface area contributed by atoms with Gasteiger partial charge in [0.05, 0.1) is 11.9 Å². The molecular formula is C13H15ClN4. The highest BCUT2D eigenvalue weighted by atomic mass is 35.5. The minimum Gasteiger partial charge on any atom is -0.272 e. The van der Waals surface area contributed by atoms with Crippen molar-refractivity contribution in [2.24, 2.45) is 13.0 Å². The number of hydrogen-bond acceptors (Lipinski definition) is 3. The fraction of sp³-hybridized carbons (Fsp3) is 0.462. The molecule has 0 bridgehead atoms. The highest BCUT2D eigenvalue weighted by Crippen LogP contribution is 2.35. The maximum atomic E-state index is 5.89. The molecule has 18 heavy (non-hydrogen) atoms. The molecule has 1 aliphatic rings. The number of aryl methyl sites for hydroxylation is 2. The van der Waals surface area contributed by atoms with Gasteiger partial charge in [0.25, 0.3) is 0 Å². The predicted molar refractivity (Wildman–Crippen MR) is 70.4 cm³/mol. The van der Waals surface area contributed by atoms with Crippen LogP contribution in [0.3, 0.4) is 0 Å². The van der Waals surface area contributed by atoms with Crippen LogP contribution in [0, 0.1) is 12.8 Å². The zero-order valence-electron chi connectivity index (χ0n) is 10.5. The molecule has 2 heterocycles. The summed E-state index contributed by atoms with van der Waals surface area (Å²) in [7, 11) is 1.99. The summed E-state index contributed by atoms with van der Waals surface area (Å²) in [6, 6.07) is 0. The molecule has 0 N–H and O–H groups in total. The third-order valence-electron chi connectivity index (χ3n) is 3.44. The molecule has 0 saturated heterocycles. The van der Waals surface area contributed by atoms with E-state index in [4.69, 9.17) is 11.6 Å². The van der Waals surface area contributed by atoms with Gasteiger partial charge in [-0.15, -0.1) is 0 Å². The molecule has 1 fully saturated rings. The van der Waals surface area contributed by atoms with Gasteiger partial charge in [0, 0.05) is 24.5 Å². The van der Waals surface area contributed by atoms with Crippen LogP contribution in [0.1, 0.15) is 24.1 Å². The van der Waals surface area contributed by atoms with Gasteiger partial charge in [0.2, 0.25) is 5.28 Å². The van der Waals surface area contributed by atoms with E-state index in [2.05, 4.69) is 15.1 Å². The van der Waals surface area contributed by atoms with Crippen LogP contribution in [0.4, 0.5) is 0 Å². The van der Waals surface area contributed by atoms with Crippen molar-refractivity contribution in [2.45, 2.75) is 26.2 Å². The second-order valence-electron chi connectivity index (χ2n) is 4.95. The van der Waals surface area contributed by atoms with Crippen molar-refractivity contribution < 1.29 is 0 Å². The van der Waals surface area contributed by atoms with E-state index in [9.17, 15) is 0 Å². The monoisotopic (exact) mass is 262 g/mol. The number of rotatable bonds is 3. The summed E-state index contributed by atoms with van der Waals surface area (Å²) in [5, 5.41) is 4.65. The molecule has 0 aromatic carbocycles. The Labute approximate surface area is 111 Å². The van der Waals surface area contributed by atoms with Crippen molar-refractivity contribution in [3.8, 4) is 11.3 Å². The average molecular weight is 263 g/mol. The number of hydrogen-bond donors (Lipinski definition) is 0. The molecule has 1 saturated carbocycles. The Hall–Kier alpha value is -1.42. The van der Waals surface area contributed by atoms with E-state index in [-0.39, 0.29) is 5.28 Å². The quantitative estimate of drug-likeness (QED) is 0.799. The van der Waals surface area contributed by atoms with Gasteiger partial charge in [-0.05, 0) is 49.3 Å². The van der Waals surface area contributed by atoms with Crippen LogP contribution in [0.15, 0.2) is 12.4 Å². The smallest absolute Gasteiger partial charge is 0.222 e. The van der Waals surface area contributed by atoms with Crippen LogP contribution in [-0.2, 0) is 13.5 Å². The fourth-order valence-electron chi connectivity index (χ4n) is 2.19. The highest BCUT2D eigenvalue weighted by molar-refractivity contribution is 6.28. The molecule has 0 spiro atoms. The molecule has 1 aliphatic carbocycles. The number of nitrogens with zero attached hydrogens (tertiary/aromatic N) is 4. The number of halogens is 1. The second-order valence-corrected chi connectivity index (χ2v) is 5.28. The van der Waals surface area contributed by atoms with Crippen LogP contribution in [0.25, 0.3) is 11.3 Å². The Bertz CT molecular complexity index is 587. The largest absolute Gasteiger partial charge is 0.272 e. The molecule has 3 rings (SSSR count). The maximum absolute atomic E-state index is 5.89. The van der Waals surface area contributed by atoms with Crippen molar-refractivity contribution in [3.63, 3.8) is 0 Å². The van der Waals surface area contributed by atoms with Crippen molar-refractivity contribution >= 4 is 11.6 Å². The normalized spacial score (nSPS) is 15.1. The lowest BCUT2D eigenvalue weighted by molar-refractivity contribution is 0.677.